The van der Waals surface area contributed by atoms with Crippen molar-refractivity contribution in [2.75, 3.05) is 12.4 Å². The summed E-state index contributed by atoms with van der Waals surface area (Å²) in [5.41, 5.74) is -0.0520. The van der Waals surface area contributed by atoms with Crippen LogP contribution in [0.25, 0.3) is 21.1 Å². The molecule has 0 bridgehead atoms. The van der Waals surface area contributed by atoms with Gasteiger partial charge in [0, 0.05) is 36.9 Å². The van der Waals surface area contributed by atoms with Crippen LogP contribution in [0.1, 0.15) is 15.2 Å². The third kappa shape index (κ3) is 3.10. The van der Waals surface area contributed by atoms with Crippen molar-refractivity contribution < 1.29 is 13.9 Å². The van der Waals surface area contributed by atoms with Crippen molar-refractivity contribution in [1.29, 1.82) is 0 Å². The summed E-state index contributed by atoms with van der Waals surface area (Å²) in [6.45, 7) is 0.0717. The number of pyridine rings is 1. The van der Waals surface area contributed by atoms with Crippen LogP contribution in [0.2, 0.25) is 0 Å². The van der Waals surface area contributed by atoms with Gasteiger partial charge in [-0.3, -0.25) is 18.7 Å². The van der Waals surface area contributed by atoms with E-state index in [1.807, 2.05) is 0 Å². The van der Waals surface area contributed by atoms with E-state index in [0.717, 1.165) is 15.9 Å². The molecule has 8 nitrogen and oxygen atoms in total. The van der Waals surface area contributed by atoms with Gasteiger partial charge in [0.25, 0.3) is 11.5 Å². The number of anilines is 1. The normalized spacial score (nSPS) is 11.3. The Balaban J connectivity index is 1.79. The molecule has 30 heavy (non-hydrogen) atoms. The number of methoxy groups -OCH3 is 1. The monoisotopic (exact) mass is 428 g/mol. The van der Waals surface area contributed by atoms with Crippen LogP contribution >= 0.6 is 11.3 Å². The molecule has 3 aromatic heterocycles. The molecule has 1 amide bonds. The summed E-state index contributed by atoms with van der Waals surface area (Å²) in [4.78, 5) is 41.9. The van der Waals surface area contributed by atoms with Gasteiger partial charge < -0.3 is 10.1 Å². The fourth-order valence-corrected chi connectivity index (χ4v) is 4.47. The first-order valence-electron chi connectivity index (χ1n) is 8.89. The fraction of sp³-hybridized carbons (Fsp3) is 0.200. The molecule has 0 aliphatic carbocycles. The van der Waals surface area contributed by atoms with E-state index < -0.39 is 23.0 Å². The zero-order valence-electron chi connectivity index (χ0n) is 16.4. The van der Waals surface area contributed by atoms with Crippen LogP contribution < -0.4 is 16.6 Å². The van der Waals surface area contributed by atoms with E-state index >= 15 is 0 Å². The predicted octanol–water partition coefficient (Wildman–Crippen LogP) is 2.38. The molecule has 0 fully saturated rings. The van der Waals surface area contributed by atoms with Gasteiger partial charge in [-0.05, 0) is 18.2 Å². The topological polar surface area (TPSA) is 95.2 Å². The first-order chi connectivity index (χ1) is 14.3. The molecular weight excluding hydrogens is 411 g/mol. The van der Waals surface area contributed by atoms with Crippen molar-refractivity contribution >= 4 is 44.1 Å². The zero-order valence-corrected chi connectivity index (χ0v) is 17.2. The number of aryl methyl sites for hydroxylation is 1. The van der Waals surface area contributed by atoms with Crippen LogP contribution in [0.3, 0.4) is 0 Å². The number of nitrogens with one attached hydrogen (secondary N) is 1. The molecule has 0 spiro atoms. The van der Waals surface area contributed by atoms with Gasteiger partial charge in [-0.2, -0.15) is 0 Å². The number of hydrogen-bond acceptors (Lipinski definition) is 6. The van der Waals surface area contributed by atoms with Crippen LogP contribution in [-0.2, 0) is 25.4 Å². The average molecular weight is 428 g/mol. The summed E-state index contributed by atoms with van der Waals surface area (Å²) in [6, 6.07) is 6.12. The van der Waals surface area contributed by atoms with Gasteiger partial charge in [-0.15, -0.1) is 11.3 Å². The molecule has 0 aliphatic rings. The summed E-state index contributed by atoms with van der Waals surface area (Å²) < 4.78 is 22.4. The molecule has 154 valence electrons. The number of benzene rings is 1. The van der Waals surface area contributed by atoms with Crippen LogP contribution in [0.15, 0.2) is 40.1 Å². The van der Waals surface area contributed by atoms with Gasteiger partial charge in [0.1, 0.15) is 11.5 Å². The highest BCUT2D eigenvalue weighted by atomic mass is 32.1. The molecule has 1 N–H and O–H groups in total. The highest BCUT2D eigenvalue weighted by molar-refractivity contribution is 7.21. The predicted molar refractivity (Wildman–Crippen MR) is 113 cm³/mol. The zero-order chi connectivity index (χ0) is 21.6. The van der Waals surface area contributed by atoms with Gasteiger partial charge in [0.15, 0.2) is 0 Å². The van der Waals surface area contributed by atoms with Gasteiger partial charge in [0.05, 0.1) is 28.8 Å². The fourth-order valence-electron chi connectivity index (χ4n) is 3.35. The van der Waals surface area contributed by atoms with Gasteiger partial charge in [-0.25, -0.2) is 14.2 Å². The number of carbonyl (C=O) groups is 1. The average Bonchev–Trinajstić information content (AvgIpc) is 3.11. The molecule has 4 rings (SSSR count). The summed E-state index contributed by atoms with van der Waals surface area (Å²) in [7, 11) is 4.36. The Hall–Kier alpha value is -3.37. The summed E-state index contributed by atoms with van der Waals surface area (Å²) in [5.74, 6) is -0.892. The number of amides is 1. The van der Waals surface area contributed by atoms with Crippen molar-refractivity contribution in [2.24, 2.45) is 14.1 Å². The van der Waals surface area contributed by atoms with E-state index in [1.165, 1.54) is 44.1 Å². The van der Waals surface area contributed by atoms with E-state index in [4.69, 9.17) is 4.74 Å². The van der Waals surface area contributed by atoms with Gasteiger partial charge in [-0.1, -0.05) is 6.07 Å². The van der Waals surface area contributed by atoms with Crippen LogP contribution in [0.5, 0.6) is 0 Å². The smallest absolute Gasteiger partial charge is 0.332 e. The quantitative estimate of drug-likeness (QED) is 0.539. The second kappa shape index (κ2) is 7.47. The Kier molecular flexibility index (Phi) is 4.96. The standard InChI is InChI=1S/C20H17FN4O4S/c1-24-17-11(19(27)25(2)20(24)28)7-10(8-22-17)23-18(26)16-12(9-29-3)15-13(21)5-4-6-14(15)30-16/h4-8H,9H2,1-3H3,(H,23,26). The summed E-state index contributed by atoms with van der Waals surface area (Å²) in [6.07, 6.45) is 1.36. The molecule has 1 aromatic carbocycles. The lowest BCUT2D eigenvalue weighted by atomic mass is 10.1. The molecule has 0 aliphatic heterocycles. The lowest BCUT2D eigenvalue weighted by molar-refractivity contribution is 0.102. The lowest BCUT2D eigenvalue weighted by Crippen LogP contribution is -2.37. The Bertz CT molecular complexity index is 1440. The maximum absolute atomic E-state index is 14.3. The Morgan fingerprint density at radius 3 is 2.77 bits per heavy atom. The van der Waals surface area contributed by atoms with Crippen molar-refractivity contribution in [3.05, 3.63) is 67.6 Å². The first kappa shape index (κ1) is 19.9. The summed E-state index contributed by atoms with van der Waals surface area (Å²) >= 11 is 1.16. The molecule has 10 heteroatoms. The molecule has 0 unspecified atom stereocenters. The number of aromatic nitrogens is 3. The second-order valence-electron chi connectivity index (χ2n) is 6.71. The minimum Gasteiger partial charge on any atom is -0.380 e. The SMILES string of the molecule is COCc1c(C(=O)Nc2cnc3c(c2)c(=O)n(C)c(=O)n3C)sc2cccc(F)c12. The van der Waals surface area contributed by atoms with E-state index in [1.54, 1.807) is 12.1 Å². The highest BCUT2D eigenvalue weighted by Crippen LogP contribution is 2.34. The summed E-state index contributed by atoms with van der Waals surface area (Å²) in [5, 5.41) is 3.25. The number of ether oxygens (including phenoxy) is 1. The number of hydrogen-bond donors (Lipinski definition) is 1. The number of thiophene rings is 1. The van der Waals surface area contributed by atoms with E-state index in [-0.39, 0.29) is 23.3 Å². The molecule has 0 saturated carbocycles. The Morgan fingerprint density at radius 2 is 2.03 bits per heavy atom. The first-order valence-corrected chi connectivity index (χ1v) is 9.71. The van der Waals surface area contributed by atoms with Crippen LogP contribution in [0, 0.1) is 5.82 Å². The van der Waals surface area contributed by atoms with Crippen molar-refractivity contribution in [2.45, 2.75) is 6.61 Å². The minimum absolute atomic E-state index is 0.0717. The van der Waals surface area contributed by atoms with Crippen molar-refractivity contribution in [3.63, 3.8) is 0 Å². The lowest BCUT2D eigenvalue weighted by Gasteiger charge is -2.09. The minimum atomic E-state index is -0.513. The maximum Gasteiger partial charge on any atom is 0.332 e. The van der Waals surface area contributed by atoms with Gasteiger partial charge >= 0.3 is 5.69 Å². The molecule has 0 saturated heterocycles. The van der Waals surface area contributed by atoms with E-state index in [2.05, 4.69) is 10.3 Å². The molecule has 3 heterocycles. The van der Waals surface area contributed by atoms with E-state index in [0.29, 0.717) is 20.5 Å². The Labute approximate surface area is 173 Å². The van der Waals surface area contributed by atoms with Crippen molar-refractivity contribution in [3.8, 4) is 0 Å². The van der Waals surface area contributed by atoms with Gasteiger partial charge in [0.2, 0.25) is 0 Å². The number of carbonyl (C=O) groups excluding carboxylic acids is 1. The number of rotatable bonds is 4. The number of halogens is 1. The van der Waals surface area contributed by atoms with Crippen molar-refractivity contribution in [1.82, 2.24) is 14.1 Å². The number of fused-ring (bicyclic) bond motifs is 2. The van der Waals surface area contributed by atoms with E-state index in [9.17, 15) is 18.8 Å². The Morgan fingerprint density at radius 1 is 1.27 bits per heavy atom. The third-order valence-corrected chi connectivity index (χ3v) is 6.01. The van der Waals surface area contributed by atoms with Crippen LogP contribution in [-0.4, -0.2) is 27.1 Å². The highest BCUT2D eigenvalue weighted by Gasteiger charge is 2.21. The third-order valence-electron chi connectivity index (χ3n) is 4.81. The molecule has 0 radical (unpaired) electrons. The largest absolute Gasteiger partial charge is 0.380 e. The number of nitrogens with zero attached hydrogens (tertiary/aromatic N) is 3. The molecular formula is C20H17FN4O4S. The molecule has 4 aromatic rings. The van der Waals surface area contributed by atoms with Crippen LogP contribution in [0.4, 0.5) is 10.1 Å². The maximum atomic E-state index is 14.3. The molecule has 0 atom stereocenters. The second-order valence-corrected chi connectivity index (χ2v) is 7.76.